The van der Waals surface area contributed by atoms with Crippen molar-refractivity contribution in [3.05, 3.63) is 0 Å². The predicted octanol–water partition coefficient (Wildman–Crippen LogP) is -0.688. The van der Waals surface area contributed by atoms with Crippen molar-refractivity contribution in [2.24, 2.45) is 17.2 Å². The molecule has 3 atom stereocenters. The van der Waals surface area contributed by atoms with E-state index in [1.165, 1.54) is 0 Å². The first-order chi connectivity index (χ1) is 9.13. The van der Waals surface area contributed by atoms with E-state index in [1.54, 1.807) is 0 Å². The highest BCUT2D eigenvalue weighted by Crippen LogP contribution is 2.52. The quantitative estimate of drug-likeness (QED) is 0.595. The highest BCUT2D eigenvalue weighted by Gasteiger charge is 2.39. The lowest BCUT2D eigenvalue weighted by atomic mass is 10.3. The molecule has 3 aliphatic rings. The Morgan fingerprint density at radius 1 is 0.632 bits per heavy atom. The van der Waals surface area contributed by atoms with Crippen molar-refractivity contribution in [3.8, 4) is 0 Å². The average molecular weight is 286 g/mol. The molecule has 3 rings (SSSR count). The van der Waals surface area contributed by atoms with Gasteiger partial charge in [-0.05, 0) is 19.3 Å². The van der Waals surface area contributed by atoms with E-state index in [0.29, 0.717) is 18.1 Å². The van der Waals surface area contributed by atoms with Gasteiger partial charge in [-0.25, -0.2) is 0 Å². The minimum atomic E-state index is -0.384. The van der Waals surface area contributed by atoms with Gasteiger partial charge in [0.1, 0.15) is 8.37 Å². The fourth-order valence-electron chi connectivity index (χ4n) is 3.33. The van der Waals surface area contributed by atoms with E-state index in [4.69, 9.17) is 17.2 Å². The predicted molar refractivity (Wildman–Crippen MR) is 79.4 cm³/mol. The third-order valence-electron chi connectivity index (χ3n) is 4.37. The number of rotatable bonds is 3. The van der Waals surface area contributed by atoms with E-state index < -0.39 is 0 Å². The van der Waals surface area contributed by atoms with E-state index in [9.17, 15) is 0 Å². The van der Waals surface area contributed by atoms with Crippen molar-refractivity contribution in [2.75, 3.05) is 39.3 Å². The maximum absolute atomic E-state index is 6.10. The van der Waals surface area contributed by atoms with Gasteiger partial charge >= 0.3 is 0 Å². The number of nitrogens with two attached hydrogens (primary N) is 3. The molecular weight excluding hydrogens is 259 g/mol. The summed E-state index contributed by atoms with van der Waals surface area (Å²) in [6.45, 7) is 6.48. The van der Waals surface area contributed by atoms with E-state index in [1.807, 2.05) is 0 Å². The maximum Gasteiger partial charge on any atom is 0.120 e. The maximum atomic E-state index is 6.10. The summed E-state index contributed by atoms with van der Waals surface area (Å²) in [5, 5.41) is 0. The highest BCUT2D eigenvalue weighted by molar-refractivity contribution is 7.50. The van der Waals surface area contributed by atoms with E-state index in [-0.39, 0.29) is 8.37 Å². The first-order valence-electron chi connectivity index (χ1n) is 7.45. The van der Waals surface area contributed by atoms with E-state index in [0.717, 1.165) is 58.5 Å². The SMILES string of the molecule is NC1CCN(P(N2CCC(N)C2)N2CCC(N)C2)C1. The van der Waals surface area contributed by atoms with Gasteiger partial charge in [-0.15, -0.1) is 0 Å². The van der Waals surface area contributed by atoms with Crippen LogP contribution in [0.5, 0.6) is 0 Å². The summed E-state index contributed by atoms with van der Waals surface area (Å²) in [5.74, 6) is 0. The molecule has 0 saturated carbocycles. The van der Waals surface area contributed by atoms with Crippen LogP contribution < -0.4 is 17.2 Å². The topological polar surface area (TPSA) is 87.8 Å². The molecule has 3 unspecified atom stereocenters. The van der Waals surface area contributed by atoms with Crippen molar-refractivity contribution in [1.82, 2.24) is 14.0 Å². The summed E-state index contributed by atoms with van der Waals surface area (Å²) in [4.78, 5) is 0. The molecule has 6 N–H and O–H groups in total. The van der Waals surface area contributed by atoms with Crippen LogP contribution in [0, 0.1) is 0 Å². The number of hydrogen-bond donors (Lipinski definition) is 3. The minimum Gasteiger partial charge on any atom is -0.326 e. The van der Waals surface area contributed by atoms with Gasteiger partial charge in [0.05, 0.1) is 0 Å². The Bertz CT molecular complexity index is 269. The smallest absolute Gasteiger partial charge is 0.120 e. The summed E-state index contributed by atoms with van der Waals surface area (Å²) in [5.41, 5.74) is 18.3. The molecule has 110 valence electrons. The van der Waals surface area contributed by atoms with Crippen LogP contribution in [0.4, 0.5) is 0 Å². The highest BCUT2D eigenvalue weighted by atomic mass is 31.2. The minimum absolute atomic E-state index is 0.345. The monoisotopic (exact) mass is 286 g/mol. The van der Waals surface area contributed by atoms with Crippen LogP contribution in [0.2, 0.25) is 0 Å². The first-order valence-corrected chi connectivity index (χ1v) is 8.65. The van der Waals surface area contributed by atoms with E-state index >= 15 is 0 Å². The van der Waals surface area contributed by atoms with Crippen LogP contribution in [0.25, 0.3) is 0 Å². The second-order valence-electron chi connectivity index (χ2n) is 6.15. The van der Waals surface area contributed by atoms with Crippen LogP contribution in [0.3, 0.4) is 0 Å². The zero-order valence-electron chi connectivity index (χ0n) is 11.6. The van der Waals surface area contributed by atoms with Crippen molar-refractivity contribution in [2.45, 2.75) is 37.4 Å². The summed E-state index contributed by atoms with van der Waals surface area (Å²) in [7, 11) is -0.384. The zero-order chi connectivity index (χ0) is 13.4. The molecule has 0 aromatic rings. The molecule has 0 radical (unpaired) electrons. The normalized spacial score (nSPS) is 40.3. The van der Waals surface area contributed by atoms with Crippen LogP contribution in [0.1, 0.15) is 19.3 Å². The van der Waals surface area contributed by atoms with Gasteiger partial charge in [0.25, 0.3) is 0 Å². The van der Waals surface area contributed by atoms with Gasteiger partial charge in [-0.2, -0.15) is 0 Å². The fraction of sp³-hybridized carbons (Fsp3) is 1.00. The molecule has 0 aromatic heterocycles. The molecule has 3 heterocycles. The second kappa shape index (κ2) is 5.90. The third-order valence-corrected chi connectivity index (χ3v) is 6.98. The lowest BCUT2D eigenvalue weighted by Crippen LogP contribution is -2.38. The molecule has 19 heavy (non-hydrogen) atoms. The van der Waals surface area contributed by atoms with Gasteiger partial charge < -0.3 is 17.2 Å². The van der Waals surface area contributed by atoms with Gasteiger partial charge in [0.2, 0.25) is 0 Å². The Morgan fingerprint density at radius 2 is 0.947 bits per heavy atom. The van der Waals surface area contributed by atoms with Gasteiger partial charge in [0.15, 0.2) is 0 Å². The lowest BCUT2D eigenvalue weighted by molar-refractivity contribution is 0.391. The summed E-state index contributed by atoms with van der Waals surface area (Å²) >= 11 is 0. The first kappa shape index (κ1) is 14.1. The fourth-order valence-corrected chi connectivity index (χ4v) is 6.35. The number of hydrogen-bond acceptors (Lipinski definition) is 6. The summed E-state index contributed by atoms with van der Waals surface area (Å²) in [6.07, 6.45) is 3.37. The Kier molecular flexibility index (Phi) is 4.39. The zero-order valence-corrected chi connectivity index (χ0v) is 12.5. The lowest BCUT2D eigenvalue weighted by Gasteiger charge is -2.40. The third kappa shape index (κ3) is 3.10. The van der Waals surface area contributed by atoms with Gasteiger partial charge in [-0.1, -0.05) is 0 Å². The van der Waals surface area contributed by atoms with Gasteiger partial charge in [0, 0.05) is 57.4 Å². The Balaban J connectivity index is 1.71. The Morgan fingerprint density at radius 3 is 1.16 bits per heavy atom. The summed E-state index contributed by atoms with van der Waals surface area (Å²) < 4.78 is 7.78. The Hall–Kier alpha value is 0.190. The van der Waals surface area contributed by atoms with Gasteiger partial charge in [-0.3, -0.25) is 14.0 Å². The van der Waals surface area contributed by atoms with Crippen LogP contribution >= 0.6 is 8.37 Å². The van der Waals surface area contributed by atoms with Crippen molar-refractivity contribution >= 4 is 8.37 Å². The molecule has 0 aliphatic carbocycles. The molecular formula is C12H27N6P. The summed E-state index contributed by atoms with van der Waals surface area (Å²) in [6, 6.07) is 1.03. The molecule has 3 aliphatic heterocycles. The largest absolute Gasteiger partial charge is 0.326 e. The standard InChI is InChI=1S/C12H27N6P/c13-10-1-4-16(7-10)19(17-5-2-11(14)8-17)18-6-3-12(15)9-18/h10-12H,1-9,13-15H2. The van der Waals surface area contributed by atoms with Crippen LogP contribution in [0.15, 0.2) is 0 Å². The van der Waals surface area contributed by atoms with Crippen molar-refractivity contribution in [3.63, 3.8) is 0 Å². The van der Waals surface area contributed by atoms with Crippen molar-refractivity contribution < 1.29 is 0 Å². The molecule has 3 fully saturated rings. The molecule has 7 heteroatoms. The molecule has 0 bridgehead atoms. The van der Waals surface area contributed by atoms with E-state index in [2.05, 4.69) is 14.0 Å². The Labute approximate surface area is 117 Å². The molecule has 0 aromatic carbocycles. The average Bonchev–Trinajstić information content (AvgIpc) is 3.05. The van der Waals surface area contributed by atoms with Crippen molar-refractivity contribution in [1.29, 1.82) is 0 Å². The molecule has 0 amide bonds. The van der Waals surface area contributed by atoms with Crippen LogP contribution in [-0.4, -0.2) is 71.4 Å². The van der Waals surface area contributed by atoms with Crippen LogP contribution in [-0.2, 0) is 0 Å². The molecule has 3 saturated heterocycles. The molecule has 6 nitrogen and oxygen atoms in total. The number of nitrogens with zero attached hydrogens (tertiary/aromatic N) is 3. The molecule has 0 spiro atoms. The second-order valence-corrected chi connectivity index (χ2v) is 8.39.